The lowest BCUT2D eigenvalue weighted by Crippen LogP contribution is -2.66. The Kier molecular flexibility index (Phi) is 3.24. The first-order chi connectivity index (χ1) is 9.21. The third kappa shape index (κ3) is 2.24. The predicted octanol–water partition coefficient (Wildman–Crippen LogP) is 1.31. The van der Waals surface area contributed by atoms with E-state index in [4.69, 9.17) is 4.74 Å². The van der Waals surface area contributed by atoms with E-state index in [1.165, 1.54) is 12.1 Å². The van der Waals surface area contributed by atoms with Crippen molar-refractivity contribution in [1.82, 2.24) is 5.32 Å². The highest BCUT2D eigenvalue weighted by atomic mass is 19.1. The van der Waals surface area contributed by atoms with E-state index in [0.29, 0.717) is 18.8 Å². The maximum Gasteiger partial charge on any atom is 0.253 e. The summed E-state index contributed by atoms with van der Waals surface area (Å²) in [6, 6.07) is 6.22. The van der Waals surface area contributed by atoms with Gasteiger partial charge in [-0.3, -0.25) is 4.79 Å². The summed E-state index contributed by atoms with van der Waals surface area (Å²) in [5, 5.41) is 3.31. The number of hydrogen-bond acceptors (Lipinski definition) is 3. The van der Waals surface area contributed by atoms with Crippen LogP contribution >= 0.6 is 0 Å². The van der Waals surface area contributed by atoms with Crippen molar-refractivity contribution < 1.29 is 13.9 Å². The third-order valence-corrected chi connectivity index (χ3v) is 3.84. The smallest absolute Gasteiger partial charge is 0.253 e. The van der Waals surface area contributed by atoms with Crippen LogP contribution in [0.5, 0.6) is 0 Å². The van der Waals surface area contributed by atoms with E-state index in [1.54, 1.807) is 17.0 Å². The lowest BCUT2D eigenvalue weighted by molar-refractivity contribution is -0.130. The van der Waals surface area contributed by atoms with Gasteiger partial charge in [0.2, 0.25) is 0 Å². The van der Waals surface area contributed by atoms with Gasteiger partial charge in [-0.1, -0.05) is 6.07 Å². The van der Waals surface area contributed by atoms with Crippen molar-refractivity contribution in [3.63, 3.8) is 0 Å². The molecule has 2 heterocycles. The first-order valence-corrected chi connectivity index (χ1v) is 6.58. The number of halogens is 1. The molecule has 1 amide bonds. The zero-order chi connectivity index (χ0) is 13.3. The normalized spacial score (nSPS) is 27.8. The maximum atomic E-state index is 13.4. The second-order valence-electron chi connectivity index (χ2n) is 5.21. The molecule has 2 aliphatic rings. The quantitative estimate of drug-likeness (QED) is 0.831. The minimum Gasteiger partial charge on any atom is -0.369 e. The molecule has 1 aromatic carbocycles. The number of ether oxygens (including phenoxy) is 1. The number of nitrogens with one attached hydrogen (secondary N) is 1. The largest absolute Gasteiger partial charge is 0.369 e. The minimum absolute atomic E-state index is 0.0677. The van der Waals surface area contributed by atoms with Gasteiger partial charge < -0.3 is 15.0 Å². The topological polar surface area (TPSA) is 41.6 Å². The fourth-order valence-electron chi connectivity index (χ4n) is 3.02. The lowest BCUT2D eigenvalue weighted by Gasteiger charge is -2.48. The van der Waals surface area contributed by atoms with Gasteiger partial charge in [-0.05, 0) is 37.6 Å². The van der Waals surface area contributed by atoms with Crippen molar-refractivity contribution in [2.45, 2.75) is 18.4 Å². The Morgan fingerprint density at radius 1 is 1.42 bits per heavy atom. The average Bonchev–Trinajstić information content (AvgIpc) is 2.39. The first kappa shape index (κ1) is 12.6. The molecule has 3 rings (SSSR count). The number of hydrogen-bond donors (Lipinski definition) is 1. The Hall–Kier alpha value is -1.46. The molecule has 4 nitrogen and oxygen atoms in total. The van der Waals surface area contributed by atoms with Gasteiger partial charge in [0.15, 0.2) is 0 Å². The molecular formula is C14H17FN2O2. The summed E-state index contributed by atoms with van der Waals surface area (Å²) in [6.45, 7) is 2.21. The molecule has 1 unspecified atom stereocenters. The number of nitrogens with zero attached hydrogens (tertiary/aromatic N) is 1. The van der Waals surface area contributed by atoms with E-state index in [1.807, 2.05) is 0 Å². The van der Waals surface area contributed by atoms with E-state index in [0.717, 1.165) is 19.4 Å². The van der Waals surface area contributed by atoms with Crippen LogP contribution in [0.15, 0.2) is 24.3 Å². The standard InChI is InChI=1S/C14H17FN2O2/c15-11-3-1-4-12(7-11)17-13(18)8-19-10-14(17)5-2-6-16-9-14/h1,3-4,7,16H,2,5-6,8-10H2. The van der Waals surface area contributed by atoms with Crippen LogP contribution in [0.25, 0.3) is 0 Å². The number of carbonyl (C=O) groups excluding carboxylic acids is 1. The summed E-state index contributed by atoms with van der Waals surface area (Å²) in [7, 11) is 0. The predicted molar refractivity (Wildman–Crippen MR) is 69.5 cm³/mol. The Balaban J connectivity index is 2.00. The van der Waals surface area contributed by atoms with Crippen LogP contribution in [-0.2, 0) is 9.53 Å². The van der Waals surface area contributed by atoms with Crippen LogP contribution in [0.2, 0.25) is 0 Å². The Morgan fingerprint density at radius 3 is 3.05 bits per heavy atom. The van der Waals surface area contributed by atoms with Crippen LogP contribution in [-0.4, -0.2) is 37.7 Å². The number of morpholine rings is 1. The molecule has 1 atom stereocenters. The van der Waals surface area contributed by atoms with Gasteiger partial charge in [0.1, 0.15) is 12.4 Å². The lowest BCUT2D eigenvalue weighted by atomic mass is 9.87. The van der Waals surface area contributed by atoms with Crippen LogP contribution in [0.4, 0.5) is 10.1 Å². The van der Waals surface area contributed by atoms with Crippen molar-refractivity contribution in [3.8, 4) is 0 Å². The van der Waals surface area contributed by atoms with Crippen molar-refractivity contribution >= 4 is 11.6 Å². The van der Waals surface area contributed by atoms with Crippen LogP contribution in [0, 0.1) is 5.82 Å². The average molecular weight is 264 g/mol. The van der Waals surface area contributed by atoms with Gasteiger partial charge in [-0.2, -0.15) is 0 Å². The zero-order valence-electron chi connectivity index (χ0n) is 10.7. The molecule has 2 saturated heterocycles. The molecule has 1 N–H and O–H groups in total. The summed E-state index contributed by atoms with van der Waals surface area (Å²) in [5.74, 6) is -0.420. The summed E-state index contributed by atoms with van der Waals surface area (Å²) >= 11 is 0. The highest BCUT2D eigenvalue weighted by Crippen LogP contribution is 2.33. The van der Waals surface area contributed by atoms with Gasteiger partial charge in [-0.15, -0.1) is 0 Å². The second kappa shape index (κ2) is 4.90. The summed E-state index contributed by atoms with van der Waals surface area (Å²) in [6.07, 6.45) is 1.87. The molecule has 0 radical (unpaired) electrons. The Bertz CT molecular complexity index is 481. The van der Waals surface area contributed by atoms with Crippen molar-refractivity contribution in [3.05, 3.63) is 30.1 Å². The number of benzene rings is 1. The number of piperidine rings is 1. The molecule has 102 valence electrons. The van der Waals surface area contributed by atoms with Gasteiger partial charge in [0, 0.05) is 12.2 Å². The molecular weight excluding hydrogens is 247 g/mol. The molecule has 2 aliphatic heterocycles. The Labute approximate surface area is 111 Å². The van der Waals surface area contributed by atoms with Gasteiger partial charge in [-0.25, -0.2) is 4.39 Å². The van der Waals surface area contributed by atoms with E-state index < -0.39 is 0 Å². The monoisotopic (exact) mass is 264 g/mol. The fraction of sp³-hybridized carbons (Fsp3) is 0.500. The van der Waals surface area contributed by atoms with E-state index in [9.17, 15) is 9.18 Å². The molecule has 2 fully saturated rings. The Morgan fingerprint density at radius 2 is 2.32 bits per heavy atom. The summed E-state index contributed by atoms with van der Waals surface area (Å²) in [5.41, 5.74) is 0.249. The fourth-order valence-corrected chi connectivity index (χ4v) is 3.02. The highest BCUT2D eigenvalue weighted by molar-refractivity contribution is 5.96. The van der Waals surface area contributed by atoms with E-state index in [2.05, 4.69) is 5.32 Å². The van der Waals surface area contributed by atoms with Gasteiger partial charge >= 0.3 is 0 Å². The molecule has 0 bridgehead atoms. The van der Waals surface area contributed by atoms with Gasteiger partial charge in [0.25, 0.3) is 5.91 Å². The SMILES string of the molecule is O=C1COCC2(CCCNC2)N1c1cccc(F)c1. The zero-order valence-corrected chi connectivity index (χ0v) is 10.7. The number of rotatable bonds is 1. The molecule has 5 heteroatoms. The molecule has 0 aliphatic carbocycles. The third-order valence-electron chi connectivity index (χ3n) is 3.84. The summed E-state index contributed by atoms with van der Waals surface area (Å²) in [4.78, 5) is 14.0. The van der Waals surface area contributed by atoms with E-state index in [-0.39, 0.29) is 23.9 Å². The number of amides is 1. The number of carbonyl (C=O) groups is 1. The maximum absolute atomic E-state index is 13.4. The molecule has 0 saturated carbocycles. The first-order valence-electron chi connectivity index (χ1n) is 6.58. The molecule has 1 aromatic rings. The summed E-state index contributed by atoms with van der Waals surface area (Å²) < 4.78 is 18.9. The number of anilines is 1. The molecule has 1 spiro atoms. The minimum atomic E-state index is -0.374. The van der Waals surface area contributed by atoms with E-state index >= 15 is 0 Å². The van der Waals surface area contributed by atoms with Gasteiger partial charge in [0.05, 0.1) is 12.1 Å². The van der Waals surface area contributed by atoms with Crippen molar-refractivity contribution in [2.75, 3.05) is 31.2 Å². The highest BCUT2D eigenvalue weighted by Gasteiger charge is 2.44. The molecule has 19 heavy (non-hydrogen) atoms. The van der Waals surface area contributed by atoms with Crippen LogP contribution in [0.1, 0.15) is 12.8 Å². The van der Waals surface area contributed by atoms with Crippen molar-refractivity contribution in [2.24, 2.45) is 0 Å². The van der Waals surface area contributed by atoms with Crippen LogP contribution in [0.3, 0.4) is 0 Å². The second-order valence-corrected chi connectivity index (χ2v) is 5.21. The van der Waals surface area contributed by atoms with Crippen LogP contribution < -0.4 is 10.2 Å². The molecule has 0 aromatic heterocycles. The van der Waals surface area contributed by atoms with Crippen molar-refractivity contribution in [1.29, 1.82) is 0 Å².